The number of hydrogen-bond acceptors (Lipinski definition) is 4. The van der Waals surface area contributed by atoms with Crippen LogP contribution in [-0.4, -0.2) is 68.6 Å². The highest BCUT2D eigenvalue weighted by Gasteiger charge is 2.07. The maximum Gasteiger partial charge on any atom is 0.107 e. The Bertz CT molecular complexity index is 120. The highest BCUT2D eigenvalue weighted by Crippen LogP contribution is 1.96. The smallest absolute Gasteiger partial charge is 0.107 e. The molecule has 0 radical (unpaired) electrons. The van der Waals surface area contributed by atoms with Gasteiger partial charge in [0.2, 0.25) is 0 Å². The zero-order valence-corrected chi connectivity index (χ0v) is 9.16. The molecule has 4 nitrogen and oxygen atoms in total. The first kappa shape index (κ1) is 12.8. The minimum absolute atomic E-state index is 0.0760. The summed E-state index contributed by atoms with van der Waals surface area (Å²) in [6, 6.07) is 0. The van der Waals surface area contributed by atoms with Crippen molar-refractivity contribution in [1.82, 2.24) is 9.80 Å². The summed E-state index contributed by atoms with van der Waals surface area (Å²) in [6.07, 6.45) is 0.0760. The summed E-state index contributed by atoms with van der Waals surface area (Å²) in [5.41, 5.74) is 0. The van der Waals surface area contributed by atoms with Gasteiger partial charge in [0.15, 0.2) is 0 Å². The van der Waals surface area contributed by atoms with Gasteiger partial charge in [-0.25, -0.2) is 0 Å². The van der Waals surface area contributed by atoms with Crippen LogP contribution in [0.1, 0.15) is 6.92 Å². The lowest BCUT2D eigenvalue weighted by Gasteiger charge is -2.24. The van der Waals surface area contributed by atoms with E-state index in [4.69, 9.17) is 9.84 Å². The molecule has 0 bridgehead atoms. The van der Waals surface area contributed by atoms with Gasteiger partial charge in [-0.2, -0.15) is 0 Å². The summed E-state index contributed by atoms with van der Waals surface area (Å²) in [6.45, 7) is 4.48. The van der Waals surface area contributed by atoms with E-state index in [0.717, 1.165) is 13.2 Å². The van der Waals surface area contributed by atoms with Gasteiger partial charge in [-0.3, -0.25) is 4.90 Å². The molecule has 0 aliphatic rings. The van der Waals surface area contributed by atoms with Crippen LogP contribution in [0.2, 0.25) is 0 Å². The molecule has 0 saturated carbocycles. The fraction of sp³-hybridized carbons (Fsp3) is 1.00. The van der Waals surface area contributed by atoms with E-state index in [0.29, 0.717) is 6.54 Å². The molecular weight excluding hydrogens is 168 g/mol. The first-order valence-corrected chi connectivity index (χ1v) is 4.65. The predicted octanol–water partition coefficient (Wildman–Crippen LogP) is -0.165. The van der Waals surface area contributed by atoms with Crippen LogP contribution in [0.4, 0.5) is 0 Å². The molecule has 0 amide bonds. The fourth-order valence-electron chi connectivity index (χ4n) is 0.873. The van der Waals surface area contributed by atoms with Gasteiger partial charge in [0, 0.05) is 13.1 Å². The zero-order valence-electron chi connectivity index (χ0n) is 9.16. The molecule has 0 heterocycles. The van der Waals surface area contributed by atoms with Crippen LogP contribution in [0, 0.1) is 0 Å². The van der Waals surface area contributed by atoms with Crippen molar-refractivity contribution in [1.29, 1.82) is 0 Å². The topological polar surface area (TPSA) is 35.9 Å². The molecule has 0 spiro atoms. The minimum Gasteiger partial charge on any atom is -0.395 e. The van der Waals surface area contributed by atoms with Crippen molar-refractivity contribution in [2.45, 2.75) is 13.2 Å². The maximum absolute atomic E-state index is 8.69. The molecule has 0 aromatic heterocycles. The molecule has 0 saturated heterocycles. The number of ether oxygens (including phenoxy) is 1. The molecule has 0 aliphatic carbocycles. The molecule has 0 aromatic rings. The molecule has 80 valence electrons. The van der Waals surface area contributed by atoms with Crippen LogP contribution in [0.15, 0.2) is 0 Å². The summed E-state index contributed by atoms with van der Waals surface area (Å²) < 4.78 is 5.54. The van der Waals surface area contributed by atoms with Crippen LogP contribution >= 0.6 is 0 Å². The Kier molecular flexibility index (Phi) is 7.17. The summed E-state index contributed by atoms with van der Waals surface area (Å²) in [7, 11) is 5.98. The fourth-order valence-corrected chi connectivity index (χ4v) is 0.873. The molecule has 13 heavy (non-hydrogen) atoms. The Morgan fingerprint density at radius 1 is 1.23 bits per heavy atom. The van der Waals surface area contributed by atoms with E-state index in [1.165, 1.54) is 0 Å². The van der Waals surface area contributed by atoms with Gasteiger partial charge in [-0.15, -0.1) is 0 Å². The van der Waals surface area contributed by atoms with Crippen molar-refractivity contribution in [2.75, 3.05) is 47.4 Å². The van der Waals surface area contributed by atoms with E-state index in [1.807, 2.05) is 33.0 Å². The second-order valence-corrected chi connectivity index (χ2v) is 3.48. The minimum atomic E-state index is 0.0760. The Labute approximate surface area is 81.1 Å². The van der Waals surface area contributed by atoms with Crippen molar-refractivity contribution in [2.24, 2.45) is 0 Å². The number of likely N-dealkylation sites (N-methyl/N-ethyl adjacent to an activating group) is 2. The number of rotatable bonds is 7. The Morgan fingerprint density at radius 3 is 2.31 bits per heavy atom. The molecule has 0 rings (SSSR count). The molecule has 1 atom stereocenters. The largest absolute Gasteiger partial charge is 0.395 e. The van der Waals surface area contributed by atoms with Gasteiger partial charge in [0.1, 0.15) is 6.23 Å². The van der Waals surface area contributed by atoms with Gasteiger partial charge in [0.25, 0.3) is 0 Å². The van der Waals surface area contributed by atoms with E-state index >= 15 is 0 Å². The molecular formula is C9H22N2O2. The van der Waals surface area contributed by atoms with Crippen LogP contribution in [0.5, 0.6) is 0 Å². The Morgan fingerprint density at radius 2 is 1.85 bits per heavy atom. The average Bonchev–Trinajstić information content (AvgIpc) is 2.04. The second-order valence-electron chi connectivity index (χ2n) is 3.48. The normalized spacial score (nSPS) is 14.1. The van der Waals surface area contributed by atoms with Gasteiger partial charge in [-0.05, 0) is 28.1 Å². The Balaban J connectivity index is 3.43. The number of hydrogen-bond donors (Lipinski definition) is 1. The van der Waals surface area contributed by atoms with Gasteiger partial charge in [-0.1, -0.05) is 0 Å². The third-order valence-electron chi connectivity index (χ3n) is 1.97. The van der Waals surface area contributed by atoms with Crippen molar-refractivity contribution in [3.05, 3.63) is 0 Å². The average molecular weight is 190 g/mol. The zero-order chi connectivity index (χ0) is 10.3. The number of aliphatic hydroxyl groups is 1. The maximum atomic E-state index is 8.69. The standard InChI is InChI=1S/C9H22N2O2/c1-9(11(4)5-7-12)13-8-6-10(2)3/h9,12H,5-8H2,1-4H3. The van der Waals surface area contributed by atoms with Gasteiger partial charge in [0.05, 0.1) is 13.2 Å². The van der Waals surface area contributed by atoms with Crippen LogP contribution in [0.25, 0.3) is 0 Å². The summed E-state index contributed by atoms with van der Waals surface area (Å²) in [4.78, 5) is 4.06. The lowest BCUT2D eigenvalue weighted by Crippen LogP contribution is -2.35. The first-order chi connectivity index (χ1) is 6.07. The van der Waals surface area contributed by atoms with Crippen molar-refractivity contribution >= 4 is 0 Å². The van der Waals surface area contributed by atoms with Crippen molar-refractivity contribution in [3.63, 3.8) is 0 Å². The molecule has 1 N–H and O–H groups in total. The summed E-state index contributed by atoms with van der Waals surface area (Å²) in [5, 5.41) is 8.69. The summed E-state index contributed by atoms with van der Waals surface area (Å²) in [5.74, 6) is 0. The quantitative estimate of drug-likeness (QED) is 0.566. The number of nitrogens with zero attached hydrogens (tertiary/aromatic N) is 2. The first-order valence-electron chi connectivity index (χ1n) is 4.65. The predicted molar refractivity (Wildman–Crippen MR) is 53.7 cm³/mol. The van der Waals surface area contributed by atoms with E-state index in [2.05, 4.69) is 4.90 Å². The third kappa shape index (κ3) is 6.95. The van der Waals surface area contributed by atoms with Crippen molar-refractivity contribution in [3.8, 4) is 0 Å². The van der Waals surface area contributed by atoms with E-state index < -0.39 is 0 Å². The second kappa shape index (κ2) is 7.26. The van der Waals surface area contributed by atoms with Gasteiger partial charge < -0.3 is 14.7 Å². The van der Waals surface area contributed by atoms with E-state index in [-0.39, 0.29) is 12.8 Å². The molecule has 1 unspecified atom stereocenters. The summed E-state index contributed by atoms with van der Waals surface area (Å²) >= 11 is 0. The monoisotopic (exact) mass is 190 g/mol. The van der Waals surface area contributed by atoms with E-state index in [9.17, 15) is 0 Å². The van der Waals surface area contributed by atoms with Crippen LogP contribution < -0.4 is 0 Å². The van der Waals surface area contributed by atoms with Crippen LogP contribution in [0.3, 0.4) is 0 Å². The molecule has 4 heteroatoms. The lowest BCUT2D eigenvalue weighted by molar-refractivity contribution is -0.0432. The van der Waals surface area contributed by atoms with E-state index in [1.54, 1.807) is 0 Å². The molecule has 0 aliphatic heterocycles. The van der Waals surface area contributed by atoms with Crippen molar-refractivity contribution < 1.29 is 9.84 Å². The Hall–Kier alpha value is -0.160. The third-order valence-corrected chi connectivity index (χ3v) is 1.97. The molecule has 0 fully saturated rings. The number of aliphatic hydroxyl groups excluding tert-OH is 1. The molecule has 0 aromatic carbocycles. The highest BCUT2D eigenvalue weighted by molar-refractivity contribution is 4.52. The SMILES string of the molecule is CC(OCCN(C)C)N(C)CCO. The van der Waals surface area contributed by atoms with Gasteiger partial charge >= 0.3 is 0 Å². The van der Waals surface area contributed by atoms with Crippen LogP contribution in [-0.2, 0) is 4.74 Å². The lowest BCUT2D eigenvalue weighted by atomic mass is 10.5. The highest BCUT2D eigenvalue weighted by atomic mass is 16.5.